The average molecular weight is 672 g/mol. The molecule has 1 fully saturated rings. The second kappa shape index (κ2) is 18.4. The van der Waals surface area contributed by atoms with Gasteiger partial charge in [0.05, 0.1) is 19.3 Å². The summed E-state index contributed by atoms with van der Waals surface area (Å²) in [5.74, 6) is 0.0378. The maximum absolute atomic E-state index is 14.4. The van der Waals surface area contributed by atoms with Gasteiger partial charge in [-0.15, -0.1) is 0 Å². The monoisotopic (exact) mass is 671 g/mol. The lowest BCUT2D eigenvalue weighted by Gasteiger charge is -2.36. The topological polar surface area (TPSA) is 132 Å². The minimum Gasteiger partial charge on any atom is -0.497 e. The largest absolute Gasteiger partial charge is 0.497 e. The van der Waals surface area contributed by atoms with Gasteiger partial charge in [0.2, 0.25) is 11.8 Å². The number of carbonyl (C=O) groups is 3. The van der Waals surface area contributed by atoms with Gasteiger partial charge in [-0.2, -0.15) is 0 Å². The summed E-state index contributed by atoms with van der Waals surface area (Å²) in [5.41, 5.74) is 1.92. The number of nitrogens with zero attached hydrogens (tertiary/aromatic N) is 1. The number of rotatable bonds is 18. The predicted octanol–water partition coefficient (Wildman–Crippen LogP) is 4.21. The molecule has 0 bridgehead atoms. The summed E-state index contributed by atoms with van der Waals surface area (Å²) >= 11 is 0. The number of aliphatic hydroxyl groups excluding tert-OH is 1. The van der Waals surface area contributed by atoms with E-state index in [4.69, 9.17) is 4.74 Å². The highest BCUT2D eigenvalue weighted by Crippen LogP contribution is 2.34. The molecule has 0 unspecified atom stereocenters. The number of nitrogens with one attached hydrogen (secondary N) is 4. The van der Waals surface area contributed by atoms with Crippen molar-refractivity contribution in [1.29, 1.82) is 0 Å². The van der Waals surface area contributed by atoms with Crippen molar-refractivity contribution in [1.82, 2.24) is 26.2 Å². The summed E-state index contributed by atoms with van der Waals surface area (Å²) in [4.78, 5) is 43.2. The summed E-state index contributed by atoms with van der Waals surface area (Å²) in [5, 5.41) is 23.7. The molecule has 3 aromatic rings. The van der Waals surface area contributed by atoms with Crippen molar-refractivity contribution in [3.05, 3.63) is 102 Å². The second-order valence-corrected chi connectivity index (χ2v) is 12.9. The van der Waals surface area contributed by atoms with E-state index < -0.39 is 29.8 Å². The molecule has 0 spiro atoms. The molecule has 1 aliphatic heterocycles. The number of hydrogen-bond donors (Lipinski definition) is 5. The number of benzene rings is 3. The van der Waals surface area contributed by atoms with Crippen LogP contribution >= 0.6 is 0 Å². The number of ether oxygens (including phenoxy) is 1. The number of methoxy groups -OCH3 is 1. The fourth-order valence-corrected chi connectivity index (χ4v) is 6.61. The van der Waals surface area contributed by atoms with Crippen molar-refractivity contribution in [3.63, 3.8) is 0 Å². The first kappa shape index (κ1) is 37.4. The quantitative estimate of drug-likeness (QED) is 0.138. The van der Waals surface area contributed by atoms with Gasteiger partial charge in [0.25, 0.3) is 0 Å². The van der Waals surface area contributed by atoms with Gasteiger partial charge in [0.15, 0.2) is 0 Å². The SMILES string of the molecule is CCNC(=O)N[C@]1([C@@H](C)CC)CCN([C@@H](CCc2ccccc2)C(=O)N[C@@H](Cc2ccccc2)[C@H](O)CNCc2cccc(OC)c2)C1=O. The summed E-state index contributed by atoms with van der Waals surface area (Å²) in [6.07, 6.45) is 1.54. The first-order chi connectivity index (χ1) is 23.7. The second-order valence-electron chi connectivity index (χ2n) is 12.9. The minimum atomic E-state index is -1.12. The van der Waals surface area contributed by atoms with Gasteiger partial charge >= 0.3 is 6.03 Å². The standard InChI is InChI=1S/C39H53N5O5/c1-5-28(3)39(43-38(48)41-6-2)22-23-44(37(39)47)34(21-20-29-14-9-7-10-15-29)36(46)42-33(25-30-16-11-8-12-17-30)35(45)27-40-26-31-18-13-19-32(24-31)49-4/h7-19,24,28,33-35,40,45H,5-6,20-23,25-27H2,1-4H3,(H,42,46)(H2,41,43,48)/t28-,33-,34-,35+,39-/m0/s1. The Morgan fingerprint density at radius 2 is 1.63 bits per heavy atom. The molecule has 0 saturated carbocycles. The lowest BCUT2D eigenvalue weighted by atomic mass is 9.81. The van der Waals surface area contributed by atoms with E-state index in [1.165, 1.54) is 0 Å². The molecule has 5 atom stereocenters. The van der Waals surface area contributed by atoms with Crippen molar-refractivity contribution in [2.75, 3.05) is 26.7 Å². The predicted molar refractivity (Wildman–Crippen MR) is 192 cm³/mol. The Bertz CT molecular complexity index is 1490. The molecule has 264 valence electrons. The summed E-state index contributed by atoms with van der Waals surface area (Å²) in [6, 6.07) is 25.5. The zero-order chi connectivity index (χ0) is 35.2. The van der Waals surface area contributed by atoms with Crippen molar-refractivity contribution >= 4 is 17.8 Å². The fourth-order valence-electron chi connectivity index (χ4n) is 6.61. The molecule has 4 rings (SSSR count). The molecule has 0 aromatic heterocycles. The van der Waals surface area contributed by atoms with Crippen LogP contribution in [0.5, 0.6) is 5.75 Å². The Morgan fingerprint density at radius 3 is 2.29 bits per heavy atom. The number of urea groups is 1. The van der Waals surface area contributed by atoms with Crippen molar-refractivity contribution in [3.8, 4) is 5.75 Å². The highest BCUT2D eigenvalue weighted by molar-refractivity contribution is 5.96. The highest BCUT2D eigenvalue weighted by atomic mass is 16.5. The van der Waals surface area contributed by atoms with Crippen LogP contribution in [0, 0.1) is 5.92 Å². The Hall–Kier alpha value is -4.41. The first-order valence-electron chi connectivity index (χ1n) is 17.5. The van der Waals surface area contributed by atoms with Gasteiger partial charge in [-0.3, -0.25) is 9.59 Å². The molecule has 10 nitrogen and oxygen atoms in total. The van der Waals surface area contributed by atoms with Gasteiger partial charge in [0.1, 0.15) is 17.3 Å². The van der Waals surface area contributed by atoms with Gasteiger partial charge in [-0.25, -0.2) is 4.79 Å². The van der Waals surface area contributed by atoms with Crippen LogP contribution in [0.2, 0.25) is 0 Å². The summed E-state index contributed by atoms with van der Waals surface area (Å²) < 4.78 is 5.34. The van der Waals surface area contributed by atoms with E-state index in [2.05, 4.69) is 21.3 Å². The maximum atomic E-state index is 14.4. The molecule has 1 aliphatic rings. The van der Waals surface area contributed by atoms with E-state index in [-0.39, 0.29) is 24.3 Å². The van der Waals surface area contributed by atoms with Gasteiger partial charge in [-0.1, -0.05) is 93.1 Å². The molecule has 4 amide bonds. The van der Waals surface area contributed by atoms with Gasteiger partial charge in [0, 0.05) is 26.2 Å². The van der Waals surface area contributed by atoms with Crippen molar-refractivity contribution in [2.24, 2.45) is 5.92 Å². The van der Waals surface area contributed by atoms with Crippen molar-refractivity contribution in [2.45, 2.75) is 83.1 Å². The number of hydrogen-bond acceptors (Lipinski definition) is 6. The normalized spacial score (nSPS) is 18.3. The number of aliphatic hydroxyl groups is 1. The van der Waals surface area contributed by atoms with Crippen LogP contribution in [0.4, 0.5) is 4.79 Å². The molecule has 3 aromatic carbocycles. The van der Waals surface area contributed by atoms with Crippen LogP contribution in [-0.2, 0) is 29.0 Å². The molecular formula is C39H53N5O5. The van der Waals surface area contributed by atoms with E-state index in [0.717, 1.165) is 22.4 Å². The van der Waals surface area contributed by atoms with Crippen molar-refractivity contribution < 1.29 is 24.2 Å². The Kier molecular flexibility index (Phi) is 14.0. The van der Waals surface area contributed by atoms with Crippen LogP contribution in [0.1, 0.15) is 56.7 Å². The molecule has 5 N–H and O–H groups in total. The van der Waals surface area contributed by atoms with Crippen LogP contribution < -0.4 is 26.0 Å². The number of carbonyl (C=O) groups excluding carboxylic acids is 3. The van der Waals surface area contributed by atoms with Crippen LogP contribution in [0.25, 0.3) is 0 Å². The lowest BCUT2D eigenvalue weighted by molar-refractivity contribution is -0.142. The maximum Gasteiger partial charge on any atom is 0.315 e. The Labute approximate surface area is 291 Å². The van der Waals surface area contributed by atoms with Gasteiger partial charge in [-0.05, 0) is 67.3 Å². The third-order valence-electron chi connectivity index (χ3n) is 9.65. The van der Waals surface area contributed by atoms with Crippen LogP contribution in [0.3, 0.4) is 0 Å². The third kappa shape index (κ3) is 10.1. The van der Waals surface area contributed by atoms with E-state index >= 15 is 0 Å². The van der Waals surface area contributed by atoms with E-state index in [1.807, 2.05) is 106 Å². The number of aryl methyl sites for hydroxylation is 1. The van der Waals surface area contributed by atoms with E-state index in [9.17, 15) is 19.5 Å². The molecule has 49 heavy (non-hydrogen) atoms. The van der Waals surface area contributed by atoms with E-state index in [0.29, 0.717) is 51.7 Å². The molecular weight excluding hydrogens is 618 g/mol. The molecule has 0 aliphatic carbocycles. The molecule has 0 radical (unpaired) electrons. The fraction of sp³-hybridized carbons (Fsp3) is 0.462. The smallest absolute Gasteiger partial charge is 0.315 e. The van der Waals surface area contributed by atoms with E-state index in [1.54, 1.807) is 12.0 Å². The highest BCUT2D eigenvalue weighted by Gasteiger charge is 2.53. The number of likely N-dealkylation sites (tertiary alicyclic amines) is 1. The Balaban J connectivity index is 1.57. The number of amides is 4. The van der Waals surface area contributed by atoms with Crippen LogP contribution in [0.15, 0.2) is 84.9 Å². The molecule has 1 saturated heterocycles. The summed E-state index contributed by atoms with van der Waals surface area (Å²) in [7, 11) is 1.63. The molecule has 1 heterocycles. The molecule has 10 heteroatoms. The summed E-state index contributed by atoms with van der Waals surface area (Å²) in [6.45, 7) is 7.31. The average Bonchev–Trinajstić information content (AvgIpc) is 3.44. The zero-order valence-corrected chi connectivity index (χ0v) is 29.3. The minimum absolute atomic E-state index is 0.145. The lowest BCUT2D eigenvalue weighted by Crippen LogP contribution is -2.62. The van der Waals surface area contributed by atoms with Gasteiger partial charge < -0.3 is 36.0 Å². The van der Waals surface area contributed by atoms with Crippen LogP contribution in [-0.4, -0.2) is 78.3 Å². The first-order valence-corrected chi connectivity index (χ1v) is 17.5. The zero-order valence-electron chi connectivity index (χ0n) is 29.3. The third-order valence-corrected chi connectivity index (χ3v) is 9.65. The Morgan fingerprint density at radius 1 is 0.959 bits per heavy atom.